The van der Waals surface area contributed by atoms with Crippen molar-refractivity contribution in [1.82, 2.24) is 0 Å². The van der Waals surface area contributed by atoms with Crippen LogP contribution in [0.4, 0.5) is 0 Å². The maximum absolute atomic E-state index is 8.51. The molecule has 0 rings (SSSR count). The first kappa shape index (κ1) is 14.7. The van der Waals surface area contributed by atoms with Crippen molar-refractivity contribution in [2.24, 2.45) is 0 Å². The summed E-state index contributed by atoms with van der Waals surface area (Å²) in [5, 5.41) is 8.51. The lowest BCUT2D eigenvalue weighted by molar-refractivity contribution is -0.00473. The van der Waals surface area contributed by atoms with Crippen LogP contribution in [-0.4, -0.2) is 23.9 Å². The predicted octanol–water partition coefficient (Wildman–Crippen LogP) is 3.30. The van der Waals surface area contributed by atoms with Crippen LogP contribution in [0, 0.1) is 0 Å². The van der Waals surface area contributed by atoms with Crippen molar-refractivity contribution in [3.05, 3.63) is 12.2 Å². The van der Waals surface area contributed by atoms with Crippen LogP contribution in [0.5, 0.6) is 0 Å². The first-order valence-corrected chi connectivity index (χ1v) is 5.96. The summed E-state index contributed by atoms with van der Waals surface area (Å²) in [7, 11) is 0. The van der Waals surface area contributed by atoms with Crippen molar-refractivity contribution in [2.75, 3.05) is 13.2 Å². The summed E-state index contributed by atoms with van der Waals surface area (Å²) in [6, 6.07) is 0. The van der Waals surface area contributed by atoms with Crippen molar-refractivity contribution in [3.8, 4) is 0 Å². The summed E-state index contributed by atoms with van der Waals surface area (Å²) in [6.07, 6.45) is 9.80. The first-order valence-electron chi connectivity index (χ1n) is 5.96. The standard InChI is InChI=1S/C13H26O2/c1-13(2,3)15-12-10-8-6-4-5-7-9-11-14/h7,9,14H,4-6,8,10-12H2,1-3H3/b9-7+. The summed E-state index contributed by atoms with van der Waals surface area (Å²) in [4.78, 5) is 0. The Morgan fingerprint density at radius 1 is 1.00 bits per heavy atom. The topological polar surface area (TPSA) is 29.5 Å². The number of aliphatic hydroxyl groups excluding tert-OH is 1. The molecule has 0 aliphatic heterocycles. The number of ether oxygens (including phenoxy) is 1. The van der Waals surface area contributed by atoms with E-state index in [-0.39, 0.29) is 12.2 Å². The molecule has 0 heterocycles. The van der Waals surface area contributed by atoms with E-state index >= 15 is 0 Å². The van der Waals surface area contributed by atoms with Gasteiger partial charge in [0.05, 0.1) is 12.2 Å². The monoisotopic (exact) mass is 214 g/mol. The molecule has 0 amide bonds. The number of rotatable bonds is 8. The molecule has 2 nitrogen and oxygen atoms in total. The Morgan fingerprint density at radius 3 is 2.27 bits per heavy atom. The van der Waals surface area contributed by atoms with Crippen LogP contribution in [0.3, 0.4) is 0 Å². The lowest BCUT2D eigenvalue weighted by Crippen LogP contribution is -2.19. The van der Waals surface area contributed by atoms with Gasteiger partial charge in [0.1, 0.15) is 0 Å². The molecule has 0 saturated heterocycles. The van der Waals surface area contributed by atoms with Crippen LogP contribution in [0.15, 0.2) is 12.2 Å². The van der Waals surface area contributed by atoms with E-state index in [9.17, 15) is 0 Å². The number of hydrogen-bond donors (Lipinski definition) is 1. The fraction of sp³-hybridized carbons (Fsp3) is 0.846. The van der Waals surface area contributed by atoms with E-state index < -0.39 is 0 Å². The van der Waals surface area contributed by atoms with E-state index in [2.05, 4.69) is 20.8 Å². The van der Waals surface area contributed by atoms with Crippen LogP contribution < -0.4 is 0 Å². The van der Waals surface area contributed by atoms with Crippen molar-refractivity contribution in [1.29, 1.82) is 0 Å². The van der Waals surface area contributed by atoms with Gasteiger partial charge in [0, 0.05) is 6.61 Å². The largest absolute Gasteiger partial charge is 0.392 e. The molecular weight excluding hydrogens is 188 g/mol. The van der Waals surface area contributed by atoms with Crippen LogP contribution in [0.25, 0.3) is 0 Å². The molecule has 0 aliphatic rings. The molecule has 15 heavy (non-hydrogen) atoms. The number of aliphatic hydroxyl groups is 1. The summed E-state index contributed by atoms with van der Waals surface area (Å²) in [5.41, 5.74) is 0.00383. The Morgan fingerprint density at radius 2 is 1.67 bits per heavy atom. The van der Waals surface area contributed by atoms with Gasteiger partial charge in [-0.1, -0.05) is 25.0 Å². The molecule has 0 atom stereocenters. The van der Waals surface area contributed by atoms with Crippen LogP contribution >= 0.6 is 0 Å². The van der Waals surface area contributed by atoms with E-state index in [1.807, 2.05) is 12.2 Å². The molecule has 0 aromatic carbocycles. The molecule has 0 fully saturated rings. The molecule has 0 aliphatic carbocycles. The van der Waals surface area contributed by atoms with E-state index in [1.165, 1.54) is 19.3 Å². The van der Waals surface area contributed by atoms with Crippen molar-refractivity contribution in [2.45, 2.75) is 58.5 Å². The van der Waals surface area contributed by atoms with Gasteiger partial charge in [0.25, 0.3) is 0 Å². The van der Waals surface area contributed by atoms with Crippen LogP contribution in [0.1, 0.15) is 52.9 Å². The molecule has 2 heteroatoms. The highest BCUT2D eigenvalue weighted by Crippen LogP contribution is 2.09. The zero-order valence-corrected chi connectivity index (χ0v) is 10.5. The van der Waals surface area contributed by atoms with E-state index in [1.54, 1.807) is 0 Å². The fourth-order valence-corrected chi connectivity index (χ4v) is 1.29. The van der Waals surface area contributed by atoms with Crippen molar-refractivity contribution < 1.29 is 9.84 Å². The smallest absolute Gasteiger partial charge is 0.0612 e. The Bertz CT molecular complexity index is 156. The quantitative estimate of drug-likeness (QED) is 0.496. The van der Waals surface area contributed by atoms with Gasteiger partial charge in [0.15, 0.2) is 0 Å². The Kier molecular flexibility index (Phi) is 8.73. The average molecular weight is 214 g/mol. The third-order valence-electron chi connectivity index (χ3n) is 2.07. The van der Waals surface area contributed by atoms with Crippen molar-refractivity contribution in [3.63, 3.8) is 0 Å². The molecular formula is C13H26O2. The minimum atomic E-state index is 0.00383. The SMILES string of the molecule is CC(C)(C)OCCCCCC/C=C/CO. The van der Waals surface area contributed by atoms with Crippen LogP contribution in [-0.2, 0) is 4.74 Å². The summed E-state index contributed by atoms with van der Waals surface area (Å²) >= 11 is 0. The maximum atomic E-state index is 8.51. The number of hydrogen-bond acceptors (Lipinski definition) is 2. The lowest BCUT2D eigenvalue weighted by atomic mass is 10.1. The van der Waals surface area contributed by atoms with Gasteiger partial charge in [0.2, 0.25) is 0 Å². The molecule has 1 N–H and O–H groups in total. The van der Waals surface area contributed by atoms with Crippen molar-refractivity contribution >= 4 is 0 Å². The van der Waals surface area contributed by atoms with Gasteiger partial charge in [-0.3, -0.25) is 0 Å². The molecule has 0 radical (unpaired) electrons. The maximum Gasteiger partial charge on any atom is 0.0612 e. The highest BCUT2D eigenvalue weighted by atomic mass is 16.5. The minimum Gasteiger partial charge on any atom is -0.392 e. The van der Waals surface area contributed by atoms with Gasteiger partial charge in [-0.05, 0) is 40.0 Å². The first-order chi connectivity index (χ1) is 7.06. The highest BCUT2D eigenvalue weighted by molar-refractivity contribution is 4.80. The van der Waals surface area contributed by atoms with Gasteiger partial charge >= 0.3 is 0 Å². The molecule has 0 aromatic rings. The second-order valence-corrected chi connectivity index (χ2v) is 4.82. The van der Waals surface area contributed by atoms with E-state index in [4.69, 9.17) is 9.84 Å². The Hall–Kier alpha value is -0.340. The molecule has 0 unspecified atom stereocenters. The zero-order valence-electron chi connectivity index (χ0n) is 10.5. The molecule has 0 aromatic heterocycles. The predicted molar refractivity (Wildman–Crippen MR) is 65.0 cm³/mol. The highest BCUT2D eigenvalue weighted by Gasteiger charge is 2.08. The van der Waals surface area contributed by atoms with E-state index in [0.717, 1.165) is 19.4 Å². The molecule has 90 valence electrons. The van der Waals surface area contributed by atoms with E-state index in [0.29, 0.717) is 0 Å². The third kappa shape index (κ3) is 13.7. The number of allylic oxidation sites excluding steroid dienone is 1. The summed E-state index contributed by atoms with van der Waals surface area (Å²) in [6.45, 7) is 7.31. The molecule has 0 bridgehead atoms. The third-order valence-corrected chi connectivity index (χ3v) is 2.07. The van der Waals surface area contributed by atoms with Crippen LogP contribution in [0.2, 0.25) is 0 Å². The summed E-state index contributed by atoms with van der Waals surface area (Å²) < 4.78 is 5.63. The lowest BCUT2D eigenvalue weighted by Gasteiger charge is -2.19. The Labute approximate surface area is 94.3 Å². The minimum absolute atomic E-state index is 0.00383. The second-order valence-electron chi connectivity index (χ2n) is 4.82. The second kappa shape index (κ2) is 8.93. The Balaban J connectivity index is 3.09. The normalized spacial score (nSPS) is 12.5. The molecule has 0 saturated carbocycles. The van der Waals surface area contributed by atoms with Gasteiger partial charge < -0.3 is 9.84 Å². The van der Waals surface area contributed by atoms with Gasteiger partial charge in [-0.25, -0.2) is 0 Å². The number of unbranched alkanes of at least 4 members (excludes halogenated alkanes) is 4. The zero-order chi connectivity index (χ0) is 11.6. The fourth-order valence-electron chi connectivity index (χ4n) is 1.29. The van der Waals surface area contributed by atoms with Gasteiger partial charge in [-0.2, -0.15) is 0 Å². The summed E-state index contributed by atoms with van der Waals surface area (Å²) in [5.74, 6) is 0. The average Bonchev–Trinajstić information content (AvgIpc) is 2.14. The van der Waals surface area contributed by atoms with Gasteiger partial charge in [-0.15, -0.1) is 0 Å². The molecule has 0 spiro atoms.